The minimum absolute atomic E-state index is 0.274. The minimum atomic E-state index is -0.757. The maximum absolute atomic E-state index is 12.9. The van der Waals surface area contributed by atoms with E-state index in [0.717, 1.165) is 0 Å². The second-order valence-electron chi connectivity index (χ2n) is 3.35. The highest BCUT2D eigenvalue weighted by Gasteiger charge is 2.15. The molecule has 0 fully saturated rings. The number of hydrogen-bond acceptors (Lipinski definition) is 3. The standard InChI is InChI=1S/C10H11FN2O2/c1-6(15)10-8(5-14)12-9-4-7(11)2-3-13(9)10/h2-4,6,14-15H,5H2,1H3. The Morgan fingerprint density at radius 1 is 1.60 bits per heavy atom. The molecule has 0 saturated heterocycles. The van der Waals surface area contributed by atoms with Crippen molar-refractivity contribution in [1.82, 2.24) is 9.38 Å². The van der Waals surface area contributed by atoms with Crippen molar-refractivity contribution < 1.29 is 14.6 Å². The molecule has 15 heavy (non-hydrogen) atoms. The van der Waals surface area contributed by atoms with Gasteiger partial charge in [0.25, 0.3) is 0 Å². The van der Waals surface area contributed by atoms with Crippen molar-refractivity contribution in [3.8, 4) is 0 Å². The first-order chi connectivity index (χ1) is 7.13. The predicted octanol–water partition coefficient (Wildman–Crippen LogP) is 1.02. The molecule has 1 unspecified atom stereocenters. The van der Waals surface area contributed by atoms with Crippen LogP contribution in [0.15, 0.2) is 18.3 Å². The van der Waals surface area contributed by atoms with Crippen LogP contribution in [-0.2, 0) is 6.61 Å². The van der Waals surface area contributed by atoms with Crippen molar-refractivity contribution >= 4 is 5.65 Å². The van der Waals surface area contributed by atoms with E-state index >= 15 is 0 Å². The van der Waals surface area contributed by atoms with Gasteiger partial charge in [0.1, 0.15) is 11.5 Å². The monoisotopic (exact) mass is 210 g/mol. The van der Waals surface area contributed by atoms with Crippen molar-refractivity contribution in [3.05, 3.63) is 35.5 Å². The van der Waals surface area contributed by atoms with Gasteiger partial charge >= 0.3 is 0 Å². The molecule has 80 valence electrons. The lowest BCUT2D eigenvalue weighted by Gasteiger charge is -2.05. The summed E-state index contributed by atoms with van der Waals surface area (Å²) in [5, 5.41) is 18.6. The summed E-state index contributed by atoms with van der Waals surface area (Å²) in [5.41, 5.74) is 1.25. The van der Waals surface area contributed by atoms with E-state index in [1.807, 2.05) is 0 Å². The van der Waals surface area contributed by atoms with Gasteiger partial charge in [-0.25, -0.2) is 9.37 Å². The van der Waals surface area contributed by atoms with Gasteiger partial charge < -0.3 is 14.6 Å². The molecule has 0 aromatic carbocycles. The van der Waals surface area contributed by atoms with E-state index < -0.39 is 11.9 Å². The number of aromatic nitrogens is 2. The number of pyridine rings is 1. The number of rotatable bonds is 2. The van der Waals surface area contributed by atoms with Gasteiger partial charge in [-0.2, -0.15) is 0 Å². The third-order valence-corrected chi connectivity index (χ3v) is 2.25. The Morgan fingerprint density at radius 3 is 2.93 bits per heavy atom. The second-order valence-corrected chi connectivity index (χ2v) is 3.35. The number of nitrogens with zero attached hydrogens (tertiary/aromatic N) is 2. The summed E-state index contributed by atoms with van der Waals surface area (Å²) in [7, 11) is 0. The number of fused-ring (bicyclic) bond motifs is 1. The molecule has 0 aliphatic heterocycles. The molecule has 0 bridgehead atoms. The van der Waals surface area contributed by atoms with Crippen molar-refractivity contribution in [2.45, 2.75) is 19.6 Å². The van der Waals surface area contributed by atoms with Crippen molar-refractivity contribution in [2.75, 3.05) is 0 Å². The molecular weight excluding hydrogens is 199 g/mol. The van der Waals surface area contributed by atoms with Crippen molar-refractivity contribution in [2.24, 2.45) is 0 Å². The molecule has 5 heteroatoms. The lowest BCUT2D eigenvalue weighted by molar-refractivity contribution is 0.187. The van der Waals surface area contributed by atoms with Crippen LogP contribution in [-0.4, -0.2) is 19.6 Å². The zero-order valence-electron chi connectivity index (χ0n) is 8.18. The van der Waals surface area contributed by atoms with Gasteiger partial charge in [0.15, 0.2) is 0 Å². The fraction of sp³-hybridized carbons (Fsp3) is 0.300. The third kappa shape index (κ3) is 1.60. The lowest BCUT2D eigenvalue weighted by atomic mass is 10.2. The summed E-state index contributed by atoms with van der Waals surface area (Å²) < 4.78 is 14.5. The Balaban J connectivity index is 2.74. The van der Waals surface area contributed by atoms with Crippen LogP contribution in [0.1, 0.15) is 24.4 Å². The SMILES string of the molecule is CC(O)c1c(CO)nc2cc(F)ccn12. The van der Waals surface area contributed by atoms with Gasteiger partial charge in [0.2, 0.25) is 0 Å². The Kier molecular flexibility index (Phi) is 2.42. The molecule has 2 rings (SSSR count). The number of imidazole rings is 1. The smallest absolute Gasteiger partial charge is 0.140 e. The normalized spacial score (nSPS) is 13.3. The Morgan fingerprint density at radius 2 is 2.33 bits per heavy atom. The van der Waals surface area contributed by atoms with Crippen LogP contribution < -0.4 is 0 Å². The van der Waals surface area contributed by atoms with Crippen molar-refractivity contribution in [3.63, 3.8) is 0 Å². The minimum Gasteiger partial charge on any atom is -0.390 e. The van der Waals surface area contributed by atoms with E-state index in [4.69, 9.17) is 5.11 Å². The van der Waals surface area contributed by atoms with Crippen LogP contribution >= 0.6 is 0 Å². The zero-order valence-corrected chi connectivity index (χ0v) is 8.18. The van der Waals surface area contributed by atoms with E-state index in [-0.39, 0.29) is 6.61 Å². The second kappa shape index (κ2) is 3.60. The van der Waals surface area contributed by atoms with Crippen molar-refractivity contribution in [1.29, 1.82) is 0 Å². The van der Waals surface area contributed by atoms with Gasteiger partial charge in [-0.3, -0.25) is 0 Å². The fourth-order valence-electron chi connectivity index (χ4n) is 1.65. The Labute approximate surface area is 85.6 Å². The summed E-state index contributed by atoms with van der Waals surface area (Å²) in [6, 6.07) is 2.53. The Hall–Kier alpha value is -1.46. The van der Waals surface area contributed by atoms with Crippen LogP contribution in [0.2, 0.25) is 0 Å². The molecule has 0 spiro atoms. The van der Waals surface area contributed by atoms with Crippen LogP contribution in [0.5, 0.6) is 0 Å². The summed E-state index contributed by atoms with van der Waals surface area (Å²) in [6.07, 6.45) is 0.728. The number of hydrogen-bond donors (Lipinski definition) is 2. The van der Waals surface area contributed by atoms with Gasteiger partial charge in [-0.05, 0) is 13.0 Å². The summed E-state index contributed by atoms with van der Waals surface area (Å²) in [6.45, 7) is 1.30. The molecule has 0 amide bonds. The van der Waals surface area contributed by atoms with Crippen LogP contribution in [0, 0.1) is 5.82 Å². The predicted molar refractivity (Wildman–Crippen MR) is 51.7 cm³/mol. The maximum atomic E-state index is 12.9. The summed E-state index contributed by atoms with van der Waals surface area (Å²) >= 11 is 0. The highest BCUT2D eigenvalue weighted by molar-refractivity contribution is 5.44. The van der Waals surface area contributed by atoms with Gasteiger partial charge in [-0.15, -0.1) is 0 Å². The van der Waals surface area contributed by atoms with Crippen LogP contribution in [0.3, 0.4) is 0 Å². The largest absolute Gasteiger partial charge is 0.390 e. The zero-order chi connectivity index (χ0) is 11.0. The molecule has 0 aliphatic rings. The average Bonchev–Trinajstić information content (AvgIpc) is 2.54. The number of halogens is 1. The first-order valence-corrected chi connectivity index (χ1v) is 4.58. The van der Waals surface area contributed by atoms with E-state index in [1.54, 1.807) is 11.3 Å². The Bertz CT molecular complexity index is 493. The topological polar surface area (TPSA) is 57.8 Å². The summed E-state index contributed by atoms with van der Waals surface area (Å²) in [4.78, 5) is 4.03. The number of aliphatic hydroxyl groups excluding tert-OH is 2. The van der Waals surface area contributed by atoms with E-state index in [9.17, 15) is 9.50 Å². The number of aliphatic hydroxyl groups is 2. The maximum Gasteiger partial charge on any atom is 0.140 e. The van der Waals surface area contributed by atoms with Gasteiger partial charge in [-0.1, -0.05) is 0 Å². The molecule has 2 aromatic rings. The molecule has 1 atom stereocenters. The molecule has 0 radical (unpaired) electrons. The first kappa shape index (κ1) is 10.1. The third-order valence-electron chi connectivity index (χ3n) is 2.25. The highest BCUT2D eigenvalue weighted by atomic mass is 19.1. The molecular formula is C10H11FN2O2. The average molecular weight is 210 g/mol. The lowest BCUT2D eigenvalue weighted by Crippen LogP contribution is -2.01. The van der Waals surface area contributed by atoms with E-state index in [0.29, 0.717) is 17.0 Å². The molecule has 2 aromatic heterocycles. The van der Waals surface area contributed by atoms with Crippen LogP contribution in [0.25, 0.3) is 5.65 Å². The summed E-state index contributed by atoms with van der Waals surface area (Å²) in [5.74, 6) is -0.394. The van der Waals surface area contributed by atoms with E-state index in [2.05, 4.69) is 4.98 Å². The highest BCUT2D eigenvalue weighted by Crippen LogP contribution is 2.20. The molecule has 4 nitrogen and oxygen atoms in total. The first-order valence-electron chi connectivity index (χ1n) is 4.58. The molecule has 2 N–H and O–H groups in total. The molecule has 0 aliphatic carbocycles. The fourth-order valence-corrected chi connectivity index (χ4v) is 1.65. The molecule has 0 saturated carbocycles. The van der Waals surface area contributed by atoms with Gasteiger partial charge in [0, 0.05) is 12.3 Å². The van der Waals surface area contributed by atoms with E-state index in [1.165, 1.54) is 18.3 Å². The quantitative estimate of drug-likeness (QED) is 0.778. The van der Waals surface area contributed by atoms with Crippen LogP contribution in [0.4, 0.5) is 4.39 Å². The molecule has 2 heterocycles. The van der Waals surface area contributed by atoms with Gasteiger partial charge in [0.05, 0.1) is 24.1 Å².